The Morgan fingerprint density at radius 3 is 2.41 bits per heavy atom. The van der Waals surface area contributed by atoms with Crippen molar-refractivity contribution in [2.24, 2.45) is 0 Å². The number of rotatable bonds is 4. The molecule has 5 nitrogen and oxygen atoms in total. The summed E-state index contributed by atoms with van der Waals surface area (Å²) in [5.74, 6) is -0.493. The van der Waals surface area contributed by atoms with Crippen LogP contribution >= 0.6 is 15.9 Å². The summed E-state index contributed by atoms with van der Waals surface area (Å²) in [5, 5.41) is 18.4. The molecular formula is C11H13BrO5. The first-order valence-corrected chi connectivity index (χ1v) is 5.55. The van der Waals surface area contributed by atoms with Crippen molar-refractivity contribution >= 4 is 21.9 Å². The normalized spacial score (nSPS) is 12.1. The van der Waals surface area contributed by atoms with Crippen LogP contribution in [0, 0.1) is 6.92 Å². The lowest BCUT2D eigenvalue weighted by molar-refractivity contribution is -0.147. The van der Waals surface area contributed by atoms with Crippen molar-refractivity contribution in [1.29, 1.82) is 0 Å². The van der Waals surface area contributed by atoms with Gasteiger partial charge < -0.3 is 19.7 Å². The highest BCUT2D eigenvalue weighted by Gasteiger charge is 2.25. The monoisotopic (exact) mass is 304 g/mol. The minimum atomic E-state index is -1.61. The summed E-state index contributed by atoms with van der Waals surface area (Å²) < 4.78 is 10.6. The van der Waals surface area contributed by atoms with Gasteiger partial charge in [0.15, 0.2) is 17.6 Å². The summed E-state index contributed by atoms with van der Waals surface area (Å²) in [5.41, 5.74) is 0.861. The fourth-order valence-corrected chi connectivity index (χ4v) is 2.43. The van der Waals surface area contributed by atoms with Crippen molar-refractivity contribution in [3.05, 3.63) is 21.7 Å². The second-order valence-corrected chi connectivity index (χ2v) is 4.19. The molecule has 1 unspecified atom stereocenters. The summed E-state index contributed by atoms with van der Waals surface area (Å²) in [6.07, 6.45) is -1.61. The summed E-state index contributed by atoms with van der Waals surface area (Å²) >= 11 is 3.22. The van der Waals surface area contributed by atoms with Crippen molar-refractivity contribution in [1.82, 2.24) is 0 Å². The van der Waals surface area contributed by atoms with Crippen LogP contribution in [0.2, 0.25) is 0 Å². The van der Waals surface area contributed by atoms with Gasteiger partial charge in [0.2, 0.25) is 0 Å². The summed E-state index contributed by atoms with van der Waals surface area (Å²) in [6, 6.07) is 1.62. The largest absolute Gasteiger partial charge is 0.493 e. The fraction of sp³-hybridized carbons (Fsp3) is 0.364. The van der Waals surface area contributed by atoms with Gasteiger partial charge in [-0.1, -0.05) is 0 Å². The van der Waals surface area contributed by atoms with Gasteiger partial charge in [0.25, 0.3) is 0 Å². The zero-order valence-corrected chi connectivity index (χ0v) is 11.2. The molecule has 0 radical (unpaired) electrons. The number of halogens is 1. The third-order valence-electron chi connectivity index (χ3n) is 2.36. The second kappa shape index (κ2) is 5.37. The number of carboxylic acids is 1. The molecule has 2 N–H and O–H groups in total. The van der Waals surface area contributed by atoms with Gasteiger partial charge in [-0.3, -0.25) is 0 Å². The Morgan fingerprint density at radius 1 is 1.41 bits per heavy atom. The lowest BCUT2D eigenvalue weighted by Crippen LogP contribution is -2.13. The molecule has 1 rings (SSSR count). The molecule has 1 aromatic carbocycles. The van der Waals surface area contributed by atoms with Gasteiger partial charge >= 0.3 is 5.97 Å². The molecule has 0 saturated heterocycles. The predicted octanol–water partition coefficient (Wildman–Crippen LogP) is 1.89. The highest BCUT2D eigenvalue weighted by atomic mass is 79.9. The number of aliphatic carboxylic acids is 1. The minimum absolute atomic E-state index is 0.259. The minimum Gasteiger partial charge on any atom is -0.493 e. The van der Waals surface area contributed by atoms with Crippen LogP contribution < -0.4 is 9.47 Å². The Kier molecular flexibility index (Phi) is 4.36. The van der Waals surface area contributed by atoms with E-state index >= 15 is 0 Å². The third kappa shape index (κ3) is 2.53. The first kappa shape index (κ1) is 13.8. The number of carbonyl (C=O) groups is 1. The van der Waals surface area contributed by atoms with Crippen molar-refractivity contribution < 1.29 is 24.5 Å². The molecule has 94 valence electrons. The van der Waals surface area contributed by atoms with E-state index in [-0.39, 0.29) is 5.56 Å². The first-order chi connectivity index (χ1) is 7.93. The average Bonchev–Trinajstić information content (AvgIpc) is 2.27. The molecule has 0 aromatic heterocycles. The molecule has 1 atom stereocenters. The molecular weight excluding hydrogens is 292 g/mol. The van der Waals surface area contributed by atoms with Crippen LogP contribution in [-0.4, -0.2) is 30.4 Å². The summed E-state index contributed by atoms with van der Waals surface area (Å²) in [4.78, 5) is 10.8. The summed E-state index contributed by atoms with van der Waals surface area (Å²) in [6.45, 7) is 1.69. The number of benzene rings is 1. The van der Waals surface area contributed by atoms with Crippen LogP contribution in [0.25, 0.3) is 0 Å². The van der Waals surface area contributed by atoms with Crippen LogP contribution in [0.1, 0.15) is 17.2 Å². The molecule has 6 heteroatoms. The Balaban J connectivity index is 3.47. The molecule has 0 amide bonds. The van der Waals surface area contributed by atoms with Crippen LogP contribution in [0.15, 0.2) is 10.5 Å². The number of hydrogen-bond acceptors (Lipinski definition) is 4. The van der Waals surface area contributed by atoms with Crippen molar-refractivity contribution in [3.8, 4) is 11.5 Å². The number of aliphatic hydroxyl groups excluding tert-OH is 1. The molecule has 1 aromatic rings. The number of aryl methyl sites for hydroxylation is 1. The van der Waals surface area contributed by atoms with Gasteiger partial charge in [0.1, 0.15) is 0 Å². The SMILES string of the molecule is COc1cc(C)c(C(O)C(=O)O)c(Br)c1OC. The van der Waals surface area contributed by atoms with Gasteiger partial charge in [-0.25, -0.2) is 4.79 Å². The maximum Gasteiger partial charge on any atom is 0.337 e. The molecule has 0 aliphatic rings. The van der Waals surface area contributed by atoms with Gasteiger partial charge in [-0.05, 0) is 34.5 Å². The van der Waals surface area contributed by atoms with E-state index in [1.54, 1.807) is 13.0 Å². The van der Waals surface area contributed by atoms with Crippen LogP contribution in [-0.2, 0) is 4.79 Å². The smallest absolute Gasteiger partial charge is 0.337 e. The topological polar surface area (TPSA) is 76.0 Å². The van der Waals surface area contributed by atoms with E-state index in [0.29, 0.717) is 21.5 Å². The Bertz CT molecular complexity index is 444. The van der Waals surface area contributed by atoms with Crippen molar-refractivity contribution in [2.45, 2.75) is 13.0 Å². The van der Waals surface area contributed by atoms with Crippen LogP contribution in [0.4, 0.5) is 0 Å². The Morgan fingerprint density at radius 2 is 2.00 bits per heavy atom. The predicted molar refractivity (Wildman–Crippen MR) is 64.6 cm³/mol. The van der Waals surface area contributed by atoms with E-state index in [1.807, 2.05) is 0 Å². The number of ether oxygens (including phenoxy) is 2. The molecule has 0 saturated carbocycles. The first-order valence-electron chi connectivity index (χ1n) is 4.75. The van der Waals surface area contributed by atoms with E-state index in [0.717, 1.165) is 0 Å². The number of hydrogen-bond donors (Lipinski definition) is 2. The maximum atomic E-state index is 10.8. The van der Waals surface area contributed by atoms with Gasteiger partial charge in [-0.2, -0.15) is 0 Å². The average molecular weight is 305 g/mol. The number of methoxy groups -OCH3 is 2. The van der Waals surface area contributed by atoms with E-state index in [2.05, 4.69) is 15.9 Å². The quantitative estimate of drug-likeness (QED) is 0.888. The highest BCUT2D eigenvalue weighted by molar-refractivity contribution is 9.10. The van der Waals surface area contributed by atoms with Crippen LogP contribution in [0.5, 0.6) is 11.5 Å². The van der Waals surface area contributed by atoms with Gasteiger partial charge in [-0.15, -0.1) is 0 Å². The lowest BCUT2D eigenvalue weighted by atomic mass is 10.0. The second-order valence-electron chi connectivity index (χ2n) is 3.40. The maximum absolute atomic E-state index is 10.8. The molecule has 0 bridgehead atoms. The molecule has 0 spiro atoms. The van der Waals surface area contributed by atoms with E-state index < -0.39 is 12.1 Å². The Hall–Kier alpha value is -1.27. The molecule has 17 heavy (non-hydrogen) atoms. The lowest BCUT2D eigenvalue weighted by Gasteiger charge is -2.17. The van der Waals surface area contributed by atoms with Crippen molar-refractivity contribution in [2.75, 3.05) is 14.2 Å². The van der Waals surface area contributed by atoms with E-state index in [1.165, 1.54) is 14.2 Å². The number of carboxylic acid groups (broad SMARTS) is 1. The third-order valence-corrected chi connectivity index (χ3v) is 3.15. The zero-order chi connectivity index (χ0) is 13.2. The van der Waals surface area contributed by atoms with E-state index in [4.69, 9.17) is 14.6 Å². The Labute approximate surface area is 107 Å². The summed E-state index contributed by atoms with van der Waals surface area (Å²) in [7, 11) is 2.92. The number of aliphatic hydroxyl groups is 1. The van der Waals surface area contributed by atoms with Gasteiger partial charge in [0.05, 0.1) is 18.7 Å². The molecule has 0 heterocycles. The van der Waals surface area contributed by atoms with Crippen LogP contribution in [0.3, 0.4) is 0 Å². The molecule has 0 aliphatic carbocycles. The van der Waals surface area contributed by atoms with E-state index in [9.17, 15) is 9.90 Å². The molecule has 0 fully saturated rings. The van der Waals surface area contributed by atoms with Gasteiger partial charge in [0, 0.05) is 5.56 Å². The fourth-order valence-electron chi connectivity index (χ4n) is 1.54. The zero-order valence-electron chi connectivity index (χ0n) is 9.65. The molecule has 0 aliphatic heterocycles. The van der Waals surface area contributed by atoms with Crippen molar-refractivity contribution in [3.63, 3.8) is 0 Å². The highest BCUT2D eigenvalue weighted by Crippen LogP contribution is 2.41. The standard InChI is InChI=1S/C11H13BrO5/c1-5-4-6(16-2)10(17-3)8(12)7(5)9(13)11(14)15/h4,9,13H,1-3H3,(H,14,15).